The largest absolute Gasteiger partial charge is 0.468 e. The number of nitrogens with one attached hydrogen (secondary N) is 1. The molecule has 0 aliphatic heterocycles. The smallest absolute Gasteiger partial charge is 0.323 e. The number of hydrogen-bond donors (Lipinski definition) is 2. The predicted octanol–water partition coefficient (Wildman–Crippen LogP) is 0.300. The third-order valence-electron chi connectivity index (χ3n) is 3.54. The van der Waals surface area contributed by atoms with Gasteiger partial charge >= 0.3 is 5.97 Å². The van der Waals surface area contributed by atoms with Crippen LogP contribution in [0.2, 0.25) is 0 Å². The summed E-state index contributed by atoms with van der Waals surface area (Å²) in [6.45, 7) is 0.957. The van der Waals surface area contributed by atoms with E-state index in [0.29, 0.717) is 5.92 Å². The van der Waals surface area contributed by atoms with E-state index in [9.17, 15) is 4.79 Å². The standard InChI is InChI=1S/C11H19NO3/c1-15-10(14)9(8-2-3-8)12-6-11(7-13)4-5-11/h8-9,12-13H,2-7H2,1H3. The maximum Gasteiger partial charge on any atom is 0.323 e. The van der Waals surface area contributed by atoms with Crippen molar-refractivity contribution in [2.24, 2.45) is 11.3 Å². The van der Waals surface area contributed by atoms with E-state index in [0.717, 1.165) is 32.2 Å². The third-order valence-corrected chi connectivity index (χ3v) is 3.54. The second-order valence-corrected chi connectivity index (χ2v) is 4.88. The van der Waals surface area contributed by atoms with Crippen LogP contribution in [0.4, 0.5) is 0 Å². The Morgan fingerprint density at radius 3 is 2.67 bits per heavy atom. The van der Waals surface area contributed by atoms with Crippen LogP contribution in [0.25, 0.3) is 0 Å². The maximum atomic E-state index is 11.5. The van der Waals surface area contributed by atoms with Crippen LogP contribution in [0, 0.1) is 11.3 Å². The second kappa shape index (κ2) is 4.10. The Hall–Kier alpha value is -0.610. The van der Waals surface area contributed by atoms with Gasteiger partial charge in [0, 0.05) is 18.6 Å². The number of hydrogen-bond acceptors (Lipinski definition) is 4. The highest BCUT2D eigenvalue weighted by molar-refractivity contribution is 5.76. The van der Waals surface area contributed by atoms with Crippen LogP contribution < -0.4 is 5.32 Å². The number of aliphatic hydroxyl groups excluding tert-OH is 1. The number of ether oxygens (including phenoxy) is 1. The number of esters is 1. The zero-order chi connectivity index (χ0) is 10.9. The van der Waals surface area contributed by atoms with Crippen molar-refractivity contribution in [3.63, 3.8) is 0 Å². The van der Waals surface area contributed by atoms with Crippen LogP contribution in [0.1, 0.15) is 25.7 Å². The zero-order valence-corrected chi connectivity index (χ0v) is 9.16. The summed E-state index contributed by atoms with van der Waals surface area (Å²) in [6, 6.07) is -0.154. The Morgan fingerprint density at radius 2 is 2.27 bits per heavy atom. The average molecular weight is 213 g/mol. The fourth-order valence-electron chi connectivity index (χ4n) is 1.89. The lowest BCUT2D eigenvalue weighted by atomic mass is 10.1. The van der Waals surface area contributed by atoms with Gasteiger partial charge in [-0.15, -0.1) is 0 Å². The summed E-state index contributed by atoms with van der Waals surface area (Å²) < 4.78 is 4.77. The molecule has 4 heteroatoms. The first-order valence-electron chi connectivity index (χ1n) is 5.63. The van der Waals surface area contributed by atoms with Gasteiger partial charge < -0.3 is 15.2 Å². The summed E-state index contributed by atoms with van der Waals surface area (Å²) in [5.74, 6) is 0.290. The van der Waals surface area contributed by atoms with E-state index in [1.54, 1.807) is 0 Å². The highest BCUT2D eigenvalue weighted by atomic mass is 16.5. The lowest BCUT2D eigenvalue weighted by Crippen LogP contribution is -2.43. The van der Waals surface area contributed by atoms with Crippen molar-refractivity contribution in [2.45, 2.75) is 31.7 Å². The normalized spacial score (nSPS) is 24.7. The number of carbonyl (C=O) groups is 1. The topological polar surface area (TPSA) is 58.6 Å². The lowest BCUT2D eigenvalue weighted by Gasteiger charge is -2.19. The van der Waals surface area contributed by atoms with E-state index < -0.39 is 0 Å². The Balaban J connectivity index is 1.81. The van der Waals surface area contributed by atoms with Crippen LogP contribution in [0.5, 0.6) is 0 Å². The van der Waals surface area contributed by atoms with E-state index in [4.69, 9.17) is 9.84 Å². The number of methoxy groups -OCH3 is 1. The molecule has 2 fully saturated rings. The fraction of sp³-hybridized carbons (Fsp3) is 0.909. The maximum absolute atomic E-state index is 11.5. The minimum absolute atomic E-state index is 0.0567. The molecule has 1 atom stereocenters. The molecule has 0 bridgehead atoms. The van der Waals surface area contributed by atoms with Gasteiger partial charge in [0.05, 0.1) is 7.11 Å². The zero-order valence-electron chi connectivity index (χ0n) is 9.16. The quantitative estimate of drug-likeness (QED) is 0.623. The van der Waals surface area contributed by atoms with Crippen LogP contribution in [0.15, 0.2) is 0 Å². The van der Waals surface area contributed by atoms with Crippen molar-refractivity contribution in [2.75, 3.05) is 20.3 Å². The molecule has 0 aromatic heterocycles. The lowest BCUT2D eigenvalue weighted by molar-refractivity contribution is -0.143. The van der Waals surface area contributed by atoms with E-state index in [-0.39, 0.29) is 24.0 Å². The fourth-order valence-corrected chi connectivity index (χ4v) is 1.89. The minimum atomic E-state index is -0.161. The molecule has 2 rings (SSSR count). The van der Waals surface area contributed by atoms with Crippen molar-refractivity contribution in [1.29, 1.82) is 0 Å². The van der Waals surface area contributed by atoms with Gasteiger partial charge in [-0.25, -0.2) is 0 Å². The molecule has 0 radical (unpaired) electrons. The first-order valence-corrected chi connectivity index (χ1v) is 5.63. The van der Waals surface area contributed by atoms with Crippen LogP contribution in [-0.4, -0.2) is 37.4 Å². The van der Waals surface area contributed by atoms with Crippen LogP contribution in [-0.2, 0) is 9.53 Å². The first kappa shape index (κ1) is 10.9. The van der Waals surface area contributed by atoms with E-state index in [1.807, 2.05) is 0 Å². The molecule has 0 spiro atoms. The van der Waals surface area contributed by atoms with Gasteiger partial charge in [-0.3, -0.25) is 4.79 Å². The number of carbonyl (C=O) groups excluding carboxylic acids is 1. The van der Waals surface area contributed by atoms with Crippen molar-refractivity contribution < 1.29 is 14.6 Å². The molecule has 2 N–H and O–H groups in total. The second-order valence-electron chi connectivity index (χ2n) is 4.88. The molecule has 0 aromatic carbocycles. The van der Waals surface area contributed by atoms with Gasteiger partial charge in [0.15, 0.2) is 0 Å². The van der Waals surface area contributed by atoms with Crippen molar-refractivity contribution in [3.8, 4) is 0 Å². The molecule has 4 nitrogen and oxygen atoms in total. The van der Waals surface area contributed by atoms with Crippen molar-refractivity contribution in [1.82, 2.24) is 5.32 Å². The molecular weight excluding hydrogens is 194 g/mol. The number of aliphatic hydroxyl groups is 1. The predicted molar refractivity (Wildman–Crippen MR) is 55.3 cm³/mol. The average Bonchev–Trinajstić information content (AvgIpc) is 3.12. The summed E-state index contributed by atoms with van der Waals surface area (Å²) in [5.41, 5.74) is 0.0567. The molecule has 2 aliphatic rings. The highest BCUT2D eigenvalue weighted by Crippen LogP contribution is 2.44. The molecular formula is C11H19NO3. The van der Waals surface area contributed by atoms with Crippen LogP contribution >= 0.6 is 0 Å². The summed E-state index contributed by atoms with van der Waals surface area (Å²) >= 11 is 0. The van der Waals surface area contributed by atoms with Gasteiger partial charge in [-0.1, -0.05) is 0 Å². The summed E-state index contributed by atoms with van der Waals surface area (Å²) in [7, 11) is 1.43. The molecule has 0 saturated heterocycles. The Kier molecular flexibility index (Phi) is 2.98. The highest BCUT2D eigenvalue weighted by Gasteiger charge is 2.44. The first-order chi connectivity index (χ1) is 7.21. The van der Waals surface area contributed by atoms with Gasteiger partial charge in [-0.05, 0) is 31.6 Å². The van der Waals surface area contributed by atoms with E-state index >= 15 is 0 Å². The third kappa shape index (κ3) is 2.49. The van der Waals surface area contributed by atoms with E-state index in [2.05, 4.69) is 5.32 Å². The molecule has 15 heavy (non-hydrogen) atoms. The molecule has 86 valence electrons. The Labute approximate surface area is 90.0 Å². The van der Waals surface area contributed by atoms with Gasteiger partial charge in [0.2, 0.25) is 0 Å². The monoisotopic (exact) mass is 213 g/mol. The molecule has 0 amide bonds. The molecule has 2 aliphatic carbocycles. The van der Waals surface area contributed by atoms with E-state index in [1.165, 1.54) is 7.11 Å². The van der Waals surface area contributed by atoms with Crippen LogP contribution in [0.3, 0.4) is 0 Å². The summed E-state index contributed by atoms with van der Waals surface area (Å²) in [4.78, 5) is 11.5. The van der Waals surface area contributed by atoms with Gasteiger partial charge in [0.25, 0.3) is 0 Å². The Bertz CT molecular complexity index is 246. The minimum Gasteiger partial charge on any atom is -0.468 e. The SMILES string of the molecule is COC(=O)C(NCC1(CO)CC1)C1CC1. The molecule has 1 unspecified atom stereocenters. The van der Waals surface area contributed by atoms with Crippen molar-refractivity contribution >= 4 is 5.97 Å². The number of rotatable bonds is 6. The summed E-state index contributed by atoms with van der Waals surface area (Å²) in [6.07, 6.45) is 4.35. The molecule has 2 saturated carbocycles. The summed E-state index contributed by atoms with van der Waals surface area (Å²) in [5, 5.41) is 12.4. The van der Waals surface area contributed by atoms with Crippen molar-refractivity contribution in [3.05, 3.63) is 0 Å². The van der Waals surface area contributed by atoms with Gasteiger partial charge in [-0.2, -0.15) is 0 Å². The molecule has 0 aromatic rings. The van der Waals surface area contributed by atoms with Gasteiger partial charge in [0.1, 0.15) is 6.04 Å². The Morgan fingerprint density at radius 1 is 1.60 bits per heavy atom. The molecule has 0 heterocycles.